The molecule has 0 radical (unpaired) electrons. The maximum atomic E-state index is 12.9. The molecule has 1 amide bonds. The normalized spacial score (nSPS) is 13.3. The lowest BCUT2D eigenvalue weighted by Gasteiger charge is -2.09. The number of thiophene rings is 1. The molecule has 0 spiro atoms. The van der Waals surface area contributed by atoms with Crippen molar-refractivity contribution >= 4 is 17.2 Å². The third kappa shape index (κ3) is 3.86. The molecule has 8 heteroatoms. The van der Waals surface area contributed by atoms with E-state index in [0.717, 1.165) is 41.1 Å². The minimum Gasteiger partial charge on any atom is -0.352 e. The Balaban J connectivity index is 1.38. The maximum absolute atomic E-state index is 12.9. The van der Waals surface area contributed by atoms with E-state index < -0.39 is 0 Å². The van der Waals surface area contributed by atoms with Crippen LogP contribution in [0.4, 0.5) is 0 Å². The van der Waals surface area contributed by atoms with Gasteiger partial charge in [0.2, 0.25) is 0 Å². The standard InChI is InChI=1S/C22H20N6OS/c29-21(24-10-7-15-3-1-9-23-13-15)17-14-26-28(20(17)16-5-6-16)22-25-11-8-18(27-22)19-4-2-12-30-19/h1-4,8-9,11-14,16H,5-7,10H2,(H,24,29). The number of pyridine rings is 1. The van der Waals surface area contributed by atoms with E-state index >= 15 is 0 Å². The molecular formula is C22H20N6OS. The topological polar surface area (TPSA) is 85.6 Å². The first-order valence-corrected chi connectivity index (χ1v) is 10.8. The molecule has 0 atom stereocenters. The minimum absolute atomic E-state index is 0.110. The Labute approximate surface area is 177 Å². The van der Waals surface area contributed by atoms with Crippen LogP contribution in [0.25, 0.3) is 16.5 Å². The predicted molar refractivity (Wildman–Crippen MR) is 115 cm³/mol. The first-order valence-electron chi connectivity index (χ1n) is 9.92. The van der Waals surface area contributed by atoms with Gasteiger partial charge in [-0.25, -0.2) is 14.6 Å². The Bertz CT molecular complexity index is 1150. The lowest BCUT2D eigenvalue weighted by Crippen LogP contribution is -2.26. The number of carbonyl (C=O) groups excluding carboxylic acids is 1. The van der Waals surface area contributed by atoms with E-state index in [2.05, 4.69) is 20.4 Å². The van der Waals surface area contributed by atoms with Gasteiger partial charge in [0.15, 0.2) is 0 Å². The highest BCUT2D eigenvalue weighted by atomic mass is 32.1. The fourth-order valence-corrected chi connectivity index (χ4v) is 4.11. The SMILES string of the molecule is O=C(NCCc1cccnc1)c1cnn(-c2nccc(-c3cccs3)n2)c1C1CC1. The quantitative estimate of drug-likeness (QED) is 0.497. The highest BCUT2D eigenvalue weighted by molar-refractivity contribution is 7.13. The van der Waals surface area contributed by atoms with Gasteiger partial charge >= 0.3 is 0 Å². The summed E-state index contributed by atoms with van der Waals surface area (Å²) in [5.74, 6) is 0.708. The molecule has 0 bridgehead atoms. The monoisotopic (exact) mass is 416 g/mol. The highest BCUT2D eigenvalue weighted by Crippen LogP contribution is 2.42. The van der Waals surface area contributed by atoms with E-state index in [-0.39, 0.29) is 5.91 Å². The number of hydrogen-bond acceptors (Lipinski definition) is 6. The van der Waals surface area contributed by atoms with Crippen molar-refractivity contribution in [2.45, 2.75) is 25.2 Å². The largest absolute Gasteiger partial charge is 0.352 e. The Kier molecular flexibility index (Phi) is 5.06. The number of carbonyl (C=O) groups is 1. The molecule has 1 fully saturated rings. The van der Waals surface area contributed by atoms with Crippen LogP contribution < -0.4 is 5.32 Å². The molecule has 30 heavy (non-hydrogen) atoms. The van der Waals surface area contributed by atoms with E-state index in [1.165, 1.54) is 0 Å². The molecule has 0 aromatic carbocycles. The molecular weight excluding hydrogens is 396 g/mol. The van der Waals surface area contributed by atoms with Gasteiger partial charge in [-0.1, -0.05) is 12.1 Å². The van der Waals surface area contributed by atoms with Crippen molar-refractivity contribution in [3.05, 3.63) is 77.3 Å². The van der Waals surface area contributed by atoms with Crippen LogP contribution in [-0.2, 0) is 6.42 Å². The van der Waals surface area contributed by atoms with Crippen LogP contribution >= 0.6 is 11.3 Å². The number of rotatable bonds is 7. The van der Waals surface area contributed by atoms with Crippen molar-refractivity contribution < 1.29 is 4.79 Å². The number of nitrogens with one attached hydrogen (secondary N) is 1. The maximum Gasteiger partial charge on any atom is 0.254 e. The zero-order chi connectivity index (χ0) is 20.3. The lowest BCUT2D eigenvalue weighted by molar-refractivity contribution is 0.0953. The molecule has 1 aliphatic rings. The van der Waals surface area contributed by atoms with Gasteiger partial charge < -0.3 is 5.32 Å². The Morgan fingerprint density at radius 2 is 2.10 bits per heavy atom. The Morgan fingerprint density at radius 1 is 1.17 bits per heavy atom. The molecule has 0 aliphatic heterocycles. The van der Waals surface area contributed by atoms with E-state index in [0.29, 0.717) is 24.0 Å². The zero-order valence-corrected chi connectivity index (χ0v) is 17.0. The average molecular weight is 417 g/mol. The van der Waals surface area contributed by atoms with Gasteiger partial charge in [-0.15, -0.1) is 11.3 Å². The fourth-order valence-electron chi connectivity index (χ4n) is 3.42. The summed E-state index contributed by atoms with van der Waals surface area (Å²) in [6.07, 6.45) is 9.76. The van der Waals surface area contributed by atoms with Crippen molar-refractivity contribution in [2.75, 3.05) is 6.54 Å². The number of hydrogen-bond donors (Lipinski definition) is 1. The van der Waals surface area contributed by atoms with Crippen molar-refractivity contribution in [1.29, 1.82) is 0 Å². The highest BCUT2D eigenvalue weighted by Gasteiger charge is 2.33. The van der Waals surface area contributed by atoms with Gasteiger partial charge in [0, 0.05) is 31.1 Å². The Morgan fingerprint density at radius 3 is 2.87 bits per heavy atom. The molecule has 7 nitrogen and oxygen atoms in total. The number of nitrogens with zero attached hydrogens (tertiary/aromatic N) is 5. The molecule has 150 valence electrons. The van der Waals surface area contributed by atoms with Crippen LogP contribution in [0.1, 0.15) is 40.4 Å². The molecule has 1 saturated carbocycles. The minimum atomic E-state index is -0.110. The molecule has 5 rings (SSSR count). The predicted octanol–water partition coefficient (Wildman–Crippen LogP) is 3.64. The molecule has 0 unspecified atom stereocenters. The van der Waals surface area contributed by atoms with E-state index in [4.69, 9.17) is 4.98 Å². The summed E-state index contributed by atoms with van der Waals surface area (Å²) in [5.41, 5.74) is 3.45. The van der Waals surface area contributed by atoms with Gasteiger partial charge in [-0.2, -0.15) is 5.10 Å². The van der Waals surface area contributed by atoms with Crippen LogP contribution in [0.5, 0.6) is 0 Å². The third-order valence-electron chi connectivity index (χ3n) is 5.04. The lowest BCUT2D eigenvalue weighted by atomic mass is 10.1. The number of aromatic nitrogens is 5. The zero-order valence-electron chi connectivity index (χ0n) is 16.2. The third-order valence-corrected chi connectivity index (χ3v) is 5.94. The van der Waals surface area contributed by atoms with Crippen molar-refractivity contribution in [3.8, 4) is 16.5 Å². The fraction of sp³-hybridized carbons (Fsp3) is 0.227. The molecule has 4 aromatic rings. The average Bonchev–Trinajstić information content (AvgIpc) is 3.28. The van der Waals surface area contributed by atoms with Gasteiger partial charge in [0.1, 0.15) is 0 Å². The molecule has 4 heterocycles. The first kappa shape index (κ1) is 18.6. The molecule has 4 aromatic heterocycles. The smallest absolute Gasteiger partial charge is 0.254 e. The molecule has 1 N–H and O–H groups in total. The summed E-state index contributed by atoms with van der Waals surface area (Å²) in [4.78, 5) is 27.2. The number of amides is 1. The van der Waals surface area contributed by atoms with Crippen LogP contribution in [0.3, 0.4) is 0 Å². The summed E-state index contributed by atoms with van der Waals surface area (Å²) >= 11 is 1.63. The summed E-state index contributed by atoms with van der Waals surface area (Å²) in [7, 11) is 0. The van der Waals surface area contributed by atoms with Crippen LogP contribution in [0.15, 0.2) is 60.5 Å². The van der Waals surface area contributed by atoms with Crippen molar-refractivity contribution in [1.82, 2.24) is 30.0 Å². The van der Waals surface area contributed by atoms with Gasteiger partial charge in [0.25, 0.3) is 11.9 Å². The summed E-state index contributed by atoms with van der Waals surface area (Å²) in [6, 6.07) is 9.82. The van der Waals surface area contributed by atoms with Gasteiger partial charge in [0.05, 0.1) is 28.0 Å². The van der Waals surface area contributed by atoms with Gasteiger partial charge in [-0.05, 0) is 48.4 Å². The second kappa shape index (κ2) is 8.16. The van der Waals surface area contributed by atoms with Crippen LogP contribution in [-0.4, -0.2) is 37.2 Å². The summed E-state index contributed by atoms with van der Waals surface area (Å²) in [6.45, 7) is 0.546. The second-order valence-corrected chi connectivity index (χ2v) is 8.16. The van der Waals surface area contributed by atoms with Crippen molar-refractivity contribution in [2.24, 2.45) is 0 Å². The van der Waals surface area contributed by atoms with Crippen LogP contribution in [0.2, 0.25) is 0 Å². The molecule has 0 saturated heterocycles. The second-order valence-electron chi connectivity index (χ2n) is 7.22. The van der Waals surface area contributed by atoms with Gasteiger partial charge in [-0.3, -0.25) is 9.78 Å². The van der Waals surface area contributed by atoms with E-state index in [9.17, 15) is 4.79 Å². The summed E-state index contributed by atoms with van der Waals surface area (Å²) in [5, 5.41) is 9.51. The van der Waals surface area contributed by atoms with Crippen molar-refractivity contribution in [3.63, 3.8) is 0 Å². The molecule has 1 aliphatic carbocycles. The van der Waals surface area contributed by atoms with E-state index in [1.807, 2.05) is 41.9 Å². The summed E-state index contributed by atoms with van der Waals surface area (Å²) < 4.78 is 1.73. The first-order chi connectivity index (χ1) is 14.8. The van der Waals surface area contributed by atoms with E-state index in [1.54, 1.807) is 34.6 Å². The Hall–Kier alpha value is -3.39. The van der Waals surface area contributed by atoms with Crippen LogP contribution in [0, 0.1) is 0 Å².